The highest BCUT2D eigenvalue weighted by atomic mass is 16.7. The number of aromatic nitrogens is 1. The van der Waals surface area contributed by atoms with E-state index in [4.69, 9.17) is 28.3 Å². The number of hydrogen-bond acceptors (Lipinski definition) is 14. The van der Waals surface area contributed by atoms with Crippen molar-refractivity contribution < 1.29 is 53.1 Å². The number of esters is 1. The van der Waals surface area contributed by atoms with Crippen LogP contribution in [0.5, 0.6) is 11.5 Å². The Bertz CT molecular complexity index is 2710. The van der Waals surface area contributed by atoms with Crippen LogP contribution in [0.4, 0.5) is 5.69 Å². The molecular weight excluding hydrogens is 811 g/mol. The molecular formula is C48H55N3O12. The Labute approximate surface area is 365 Å². The van der Waals surface area contributed by atoms with Crippen molar-refractivity contribution in [2.75, 3.05) is 33.1 Å². The zero-order chi connectivity index (χ0) is 46.2. The summed E-state index contributed by atoms with van der Waals surface area (Å²) in [5, 5.41) is 37.4. The van der Waals surface area contributed by atoms with E-state index < -0.39 is 82.7 Å². The Morgan fingerprint density at radius 2 is 1.73 bits per heavy atom. The second kappa shape index (κ2) is 18.4. The Hall–Kier alpha value is -6.05. The number of phenols is 1. The van der Waals surface area contributed by atoms with Crippen LogP contribution in [0.3, 0.4) is 0 Å². The molecule has 0 aliphatic carbocycles. The van der Waals surface area contributed by atoms with Crippen molar-refractivity contribution in [1.29, 1.82) is 0 Å². The van der Waals surface area contributed by atoms with E-state index in [1.807, 2.05) is 19.0 Å². The number of aliphatic hydroxyl groups is 2. The molecule has 0 radical (unpaired) electrons. The van der Waals surface area contributed by atoms with Crippen molar-refractivity contribution in [1.82, 2.24) is 9.88 Å². The third kappa shape index (κ3) is 8.94. The zero-order valence-electron chi connectivity index (χ0n) is 37.4. The number of nitrogens with zero attached hydrogens (tertiary/aromatic N) is 2. The number of ether oxygens (including phenoxy) is 4. The van der Waals surface area contributed by atoms with Crippen LogP contribution in [0.15, 0.2) is 63.6 Å². The predicted molar refractivity (Wildman–Crippen MR) is 237 cm³/mol. The molecule has 2 aliphatic rings. The molecule has 3 aromatic carbocycles. The maximum atomic E-state index is 14.7. The lowest BCUT2D eigenvalue weighted by Gasteiger charge is -2.38. The number of carbonyl (C=O) groups is 3. The fourth-order valence-corrected chi connectivity index (χ4v) is 8.18. The molecule has 0 spiro atoms. The van der Waals surface area contributed by atoms with Crippen LogP contribution in [0.2, 0.25) is 0 Å². The molecule has 1 amide bonds. The highest BCUT2D eigenvalue weighted by Gasteiger charge is 2.49. The average Bonchev–Trinajstić information content (AvgIpc) is 3.50. The normalized spacial score (nSPS) is 28.8. The van der Waals surface area contributed by atoms with E-state index in [1.54, 1.807) is 58.0 Å². The smallest absolute Gasteiger partial charge is 0.312 e. The Morgan fingerprint density at radius 1 is 1.02 bits per heavy atom. The summed E-state index contributed by atoms with van der Waals surface area (Å²) in [4.78, 5) is 62.1. The Kier molecular flexibility index (Phi) is 13.5. The predicted octanol–water partition coefficient (Wildman–Crippen LogP) is 5.91. The first-order chi connectivity index (χ1) is 29.7. The summed E-state index contributed by atoms with van der Waals surface area (Å²) < 4.78 is 30.3. The van der Waals surface area contributed by atoms with Crippen molar-refractivity contribution in [3.05, 3.63) is 81.3 Å². The van der Waals surface area contributed by atoms with Crippen molar-refractivity contribution in [2.24, 2.45) is 23.7 Å². The van der Waals surface area contributed by atoms with Gasteiger partial charge in [-0.25, -0.2) is 4.98 Å². The van der Waals surface area contributed by atoms with Crippen LogP contribution in [0.25, 0.3) is 33.0 Å². The molecule has 0 saturated carbocycles. The molecule has 15 nitrogen and oxygen atoms in total. The molecule has 334 valence electrons. The molecule has 1 aromatic heterocycles. The number of aromatic hydroxyl groups is 1. The molecule has 0 saturated heterocycles. The van der Waals surface area contributed by atoms with Gasteiger partial charge in [-0.1, -0.05) is 57.8 Å². The van der Waals surface area contributed by atoms with Gasteiger partial charge in [0.25, 0.3) is 11.7 Å². The number of nitrogens with one attached hydrogen (secondary N) is 1. The van der Waals surface area contributed by atoms with Gasteiger partial charge in [-0.2, -0.15) is 0 Å². The number of ketones is 1. The monoisotopic (exact) mass is 865 g/mol. The Morgan fingerprint density at radius 3 is 2.40 bits per heavy atom. The number of rotatable bonds is 3. The van der Waals surface area contributed by atoms with Crippen LogP contribution < -0.4 is 15.5 Å². The minimum Gasteiger partial charge on any atom is -0.505 e. The fraction of sp³-hybridized carbons (Fsp3) is 0.438. The van der Waals surface area contributed by atoms with Crippen LogP contribution >= 0.6 is 0 Å². The summed E-state index contributed by atoms with van der Waals surface area (Å²) in [7, 11) is 5.23. The maximum Gasteiger partial charge on any atom is 0.312 e. The summed E-state index contributed by atoms with van der Waals surface area (Å²) in [5.74, 6) is -1.10. The first-order valence-corrected chi connectivity index (χ1v) is 20.7. The number of anilines is 1. The number of Topliss-reactive ketones (excluding diaryl/α,β-unsaturated/α-hetero) is 1. The largest absolute Gasteiger partial charge is 0.505 e. The number of benzene rings is 3. The van der Waals surface area contributed by atoms with E-state index in [0.717, 1.165) is 0 Å². The fourth-order valence-electron chi connectivity index (χ4n) is 8.18. The number of allylic oxidation sites excluding steroid dienone is 2. The van der Waals surface area contributed by atoms with Crippen LogP contribution in [0.1, 0.15) is 70.0 Å². The van der Waals surface area contributed by atoms with Gasteiger partial charge in [-0.05, 0) is 52.2 Å². The first kappa shape index (κ1) is 46.5. The van der Waals surface area contributed by atoms with E-state index in [9.17, 15) is 34.5 Å². The maximum absolute atomic E-state index is 14.7. The van der Waals surface area contributed by atoms with Gasteiger partial charge in [0.1, 0.15) is 28.6 Å². The summed E-state index contributed by atoms with van der Waals surface area (Å²) in [6, 6.07) is 5.09. The SMILES string of the molecule is CO[C@H]1/C=C/O[C@@]2(C)Oc3c(C)c(=O)c4c(O)c(c5oc6cc(C#CCN(C)C)ccc6nc5c4c3C2=O)NC(=O)/C(C)=C\C=C\[C@H](C)[C@H](O)[C@@H](C)[C@@H](O)[C@@H](C)[C@H](OC(C)=O)[C@@H]1C. The van der Waals surface area contributed by atoms with Gasteiger partial charge in [0, 0.05) is 66.7 Å². The highest BCUT2D eigenvalue weighted by Crippen LogP contribution is 2.48. The molecule has 4 aromatic rings. The molecule has 2 aliphatic heterocycles. The summed E-state index contributed by atoms with van der Waals surface area (Å²) in [5.41, 5.74) is 0.133. The molecule has 15 heteroatoms. The molecule has 9 atom stereocenters. The van der Waals surface area contributed by atoms with Crippen LogP contribution in [-0.4, -0.2) is 101 Å². The van der Waals surface area contributed by atoms with Gasteiger partial charge < -0.3 is 44.0 Å². The van der Waals surface area contributed by atoms with Crippen LogP contribution in [0, 0.1) is 42.4 Å². The second-order valence-electron chi connectivity index (χ2n) is 16.9. The molecule has 0 unspecified atom stereocenters. The third-order valence-corrected chi connectivity index (χ3v) is 12.0. The molecule has 0 fully saturated rings. The van der Waals surface area contributed by atoms with Gasteiger partial charge >= 0.3 is 11.8 Å². The number of methoxy groups -OCH3 is 1. The van der Waals surface area contributed by atoms with Crippen LogP contribution in [-0.2, 0) is 23.8 Å². The van der Waals surface area contributed by atoms with Gasteiger partial charge in [-0.15, -0.1) is 0 Å². The quantitative estimate of drug-likeness (QED) is 0.0621. The average molecular weight is 866 g/mol. The van der Waals surface area contributed by atoms with E-state index in [0.29, 0.717) is 17.6 Å². The molecule has 63 heavy (non-hydrogen) atoms. The van der Waals surface area contributed by atoms with Crippen molar-refractivity contribution in [2.45, 2.75) is 85.6 Å². The van der Waals surface area contributed by atoms with Gasteiger partial charge in [0.2, 0.25) is 0 Å². The van der Waals surface area contributed by atoms with Crippen molar-refractivity contribution in [3.8, 4) is 23.3 Å². The standard InChI is InChI=1S/C48H55N3O12/c1-23-14-12-15-24(2)47(58)50-38-42(56)35-34(37-45(38)62-33-22-30(16-13-20-51(9)10)17-18-31(33)49-37)36-44(28(6)41(35)55)63-48(8,46(36)57)60-21-19-32(59-11)25(3)43(61-29(7)52)27(5)40(54)26(4)39(23)53/h12,14-15,17-19,21-23,25-27,32,39-40,43,53-54,56H,20H2,1-11H3,(H,50,58)/b14-12+,21-19+,24-15-/t23-,25+,26+,27+,32-,39-,40+,43+,48-/m0/s1. The number of amides is 1. The summed E-state index contributed by atoms with van der Waals surface area (Å²) >= 11 is 0. The van der Waals surface area contributed by atoms with Gasteiger partial charge in [-0.3, -0.25) is 24.1 Å². The van der Waals surface area contributed by atoms with Gasteiger partial charge in [0.15, 0.2) is 22.3 Å². The minimum absolute atomic E-state index is 0.00909. The van der Waals surface area contributed by atoms with Crippen molar-refractivity contribution >= 4 is 56.3 Å². The minimum atomic E-state index is -2.04. The molecule has 3 heterocycles. The lowest BCUT2D eigenvalue weighted by molar-refractivity contribution is -0.160. The summed E-state index contributed by atoms with van der Waals surface area (Å²) in [6.45, 7) is 13.1. The highest BCUT2D eigenvalue weighted by molar-refractivity contribution is 6.26. The zero-order valence-corrected chi connectivity index (χ0v) is 37.4. The molecule has 4 bridgehead atoms. The number of carbonyl (C=O) groups excluding carboxylic acids is 3. The van der Waals surface area contributed by atoms with Crippen molar-refractivity contribution in [3.63, 3.8) is 0 Å². The number of hydrogen-bond donors (Lipinski definition) is 4. The number of aliphatic hydroxyl groups excluding tert-OH is 2. The summed E-state index contributed by atoms with van der Waals surface area (Å²) in [6.07, 6.45) is 3.60. The van der Waals surface area contributed by atoms with E-state index in [-0.39, 0.29) is 55.6 Å². The topological polar surface area (TPSA) is 207 Å². The van der Waals surface area contributed by atoms with E-state index in [2.05, 4.69) is 17.2 Å². The number of fused-ring (bicyclic) bond motifs is 2. The Balaban J connectivity index is 1.59. The van der Waals surface area contributed by atoms with E-state index >= 15 is 0 Å². The third-order valence-electron chi connectivity index (χ3n) is 12.0. The number of phenolic OH excluding ortho intramolecular Hbond substituents is 1. The van der Waals surface area contributed by atoms with E-state index in [1.165, 1.54) is 53.2 Å². The second-order valence-corrected chi connectivity index (χ2v) is 16.9. The lowest BCUT2D eigenvalue weighted by Crippen LogP contribution is -2.46. The molecule has 4 N–H and O–H groups in total. The first-order valence-electron chi connectivity index (χ1n) is 20.7. The lowest BCUT2D eigenvalue weighted by atomic mass is 9.78. The van der Waals surface area contributed by atoms with Gasteiger partial charge in [0.05, 0.1) is 42.1 Å². The molecule has 6 rings (SSSR count).